The minimum absolute atomic E-state index is 0.0955. The molecule has 148 valence electrons. The van der Waals surface area contributed by atoms with E-state index < -0.39 is 6.04 Å². The lowest BCUT2D eigenvalue weighted by molar-refractivity contribution is -0.133. The maximum atomic E-state index is 12.7. The van der Waals surface area contributed by atoms with Gasteiger partial charge in [0.2, 0.25) is 5.91 Å². The van der Waals surface area contributed by atoms with Gasteiger partial charge in [-0.25, -0.2) is 0 Å². The fourth-order valence-corrected chi connectivity index (χ4v) is 4.32. The van der Waals surface area contributed by atoms with Crippen LogP contribution in [0.5, 0.6) is 5.75 Å². The van der Waals surface area contributed by atoms with Crippen molar-refractivity contribution in [2.45, 2.75) is 57.6 Å². The molecule has 1 amide bonds. The van der Waals surface area contributed by atoms with Crippen LogP contribution in [0.1, 0.15) is 56.6 Å². The lowest BCUT2D eigenvalue weighted by Crippen LogP contribution is -2.45. The van der Waals surface area contributed by atoms with Crippen molar-refractivity contribution < 1.29 is 13.9 Å². The van der Waals surface area contributed by atoms with Gasteiger partial charge in [-0.3, -0.25) is 4.79 Å². The molecule has 1 saturated heterocycles. The van der Waals surface area contributed by atoms with Crippen LogP contribution in [0.4, 0.5) is 6.01 Å². The summed E-state index contributed by atoms with van der Waals surface area (Å²) in [5.74, 6) is 1.41. The van der Waals surface area contributed by atoms with Crippen LogP contribution < -0.4 is 10.1 Å². The van der Waals surface area contributed by atoms with Gasteiger partial charge in [0.25, 0.3) is 5.89 Å². The van der Waals surface area contributed by atoms with E-state index in [1.54, 1.807) is 0 Å². The van der Waals surface area contributed by atoms with Crippen molar-refractivity contribution in [1.29, 1.82) is 0 Å². The largest absolute Gasteiger partial charge is 0.480 e. The van der Waals surface area contributed by atoms with Crippen molar-refractivity contribution in [2.24, 2.45) is 5.41 Å². The zero-order chi connectivity index (χ0) is 19.1. The predicted octanol–water partition coefficient (Wildman–Crippen LogP) is 3.34. The number of piperidine rings is 1. The number of ether oxygens (including phenoxy) is 1. The van der Waals surface area contributed by atoms with Crippen LogP contribution in [0, 0.1) is 5.41 Å². The summed E-state index contributed by atoms with van der Waals surface area (Å²) < 4.78 is 11.8. The molecule has 28 heavy (non-hydrogen) atoms. The van der Waals surface area contributed by atoms with Crippen molar-refractivity contribution in [2.75, 3.05) is 18.4 Å². The van der Waals surface area contributed by atoms with Gasteiger partial charge in [0, 0.05) is 13.1 Å². The van der Waals surface area contributed by atoms with Crippen LogP contribution in [0.25, 0.3) is 0 Å². The molecule has 1 saturated carbocycles. The Kier molecular flexibility index (Phi) is 4.25. The van der Waals surface area contributed by atoms with Crippen LogP contribution in [0.2, 0.25) is 0 Å². The first-order chi connectivity index (χ1) is 13.6. The SMILES string of the molecule is C[C@@H](Nc1nnc(C2CCc3ccccc3O2)o1)C(=O)N1CCC2(CC1)CC2. The van der Waals surface area contributed by atoms with E-state index in [1.807, 2.05) is 30.0 Å². The Bertz CT molecular complexity index is 866. The quantitative estimate of drug-likeness (QED) is 0.874. The molecule has 1 aromatic carbocycles. The van der Waals surface area contributed by atoms with Crippen molar-refractivity contribution in [3.8, 4) is 5.75 Å². The monoisotopic (exact) mass is 382 g/mol. The van der Waals surface area contributed by atoms with Crippen LogP contribution in [-0.4, -0.2) is 40.1 Å². The maximum Gasteiger partial charge on any atom is 0.316 e. The summed E-state index contributed by atoms with van der Waals surface area (Å²) in [7, 11) is 0. The average molecular weight is 382 g/mol. The summed E-state index contributed by atoms with van der Waals surface area (Å²) in [6, 6.07) is 7.89. The van der Waals surface area contributed by atoms with E-state index in [1.165, 1.54) is 18.4 Å². The summed E-state index contributed by atoms with van der Waals surface area (Å²) >= 11 is 0. The van der Waals surface area contributed by atoms with E-state index in [0.717, 1.165) is 44.5 Å². The Morgan fingerprint density at radius 2 is 2.00 bits per heavy atom. The lowest BCUT2D eigenvalue weighted by Gasteiger charge is -2.33. The Labute approximate surface area is 164 Å². The van der Waals surface area contributed by atoms with E-state index in [9.17, 15) is 4.79 Å². The number of amides is 1. The average Bonchev–Trinajstić information content (AvgIpc) is 3.31. The second kappa shape index (κ2) is 6.79. The van der Waals surface area contributed by atoms with E-state index in [0.29, 0.717) is 11.3 Å². The molecule has 2 atom stereocenters. The number of carbonyl (C=O) groups excluding carboxylic acids is 1. The number of hydrogen-bond acceptors (Lipinski definition) is 6. The Morgan fingerprint density at radius 1 is 1.21 bits per heavy atom. The zero-order valence-corrected chi connectivity index (χ0v) is 16.2. The number of aromatic nitrogens is 2. The number of hydrogen-bond donors (Lipinski definition) is 1. The first-order valence-corrected chi connectivity index (χ1v) is 10.3. The summed E-state index contributed by atoms with van der Waals surface area (Å²) in [6.45, 7) is 3.56. The van der Waals surface area contributed by atoms with E-state index in [-0.39, 0.29) is 18.0 Å². The number of benzene rings is 1. The highest BCUT2D eigenvalue weighted by Crippen LogP contribution is 2.53. The summed E-state index contributed by atoms with van der Waals surface area (Å²) in [5.41, 5.74) is 1.76. The smallest absolute Gasteiger partial charge is 0.316 e. The van der Waals surface area contributed by atoms with Gasteiger partial charge >= 0.3 is 6.01 Å². The number of nitrogens with one attached hydrogen (secondary N) is 1. The Balaban J connectivity index is 1.19. The number of anilines is 1. The number of carbonyl (C=O) groups is 1. The summed E-state index contributed by atoms with van der Waals surface area (Å²) in [6.07, 6.45) is 6.40. The van der Waals surface area contributed by atoms with Gasteiger partial charge < -0.3 is 19.4 Å². The predicted molar refractivity (Wildman–Crippen MR) is 103 cm³/mol. The number of likely N-dealkylation sites (tertiary alicyclic amines) is 1. The van der Waals surface area contributed by atoms with E-state index >= 15 is 0 Å². The molecular weight excluding hydrogens is 356 g/mol. The van der Waals surface area contributed by atoms with E-state index in [4.69, 9.17) is 9.15 Å². The van der Waals surface area contributed by atoms with Gasteiger partial charge in [0.1, 0.15) is 11.8 Å². The number of nitrogens with zero attached hydrogens (tertiary/aromatic N) is 3. The molecular formula is C21H26N4O3. The number of aryl methyl sites for hydroxylation is 1. The van der Waals surface area contributed by atoms with Gasteiger partial charge in [-0.1, -0.05) is 23.3 Å². The third kappa shape index (κ3) is 3.34. The van der Waals surface area contributed by atoms with E-state index in [2.05, 4.69) is 21.6 Å². The van der Waals surface area contributed by atoms with Crippen LogP contribution in [0.15, 0.2) is 28.7 Å². The molecule has 7 heteroatoms. The lowest BCUT2D eigenvalue weighted by atomic mass is 9.93. The zero-order valence-electron chi connectivity index (χ0n) is 16.2. The summed E-state index contributed by atoms with van der Waals surface area (Å²) in [4.78, 5) is 14.7. The molecule has 1 N–H and O–H groups in total. The minimum atomic E-state index is -0.394. The van der Waals surface area contributed by atoms with Crippen molar-refractivity contribution in [3.63, 3.8) is 0 Å². The normalized spacial score (nSPS) is 23.6. The van der Waals surface area contributed by atoms with Gasteiger partial charge in [0.15, 0.2) is 6.10 Å². The molecule has 1 aliphatic carbocycles. The maximum absolute atomic E-state index is 12.7. The second-order valence-corrected chi connectivity index (χ2v) is 8.39. The third-order valence-corrected chi connectivity index (χ3v) is 6.44. The van der Waals surface area contributed by atoms with Gasteiger partial charge in [-0.15, -0.1) is 5.10 Å². The second-order valence-electron chi connectivity index (χ2n) is 8.39. The molecule has 3 aliphatic rings. The molecule has 2 aromatic rings. The van der Waals surface area contributed by atoms with Gasteiger partial charge in [-0.05, 0) is 62.5 Å². The van der Waals surface area contributed by atoms with Crippen LogP contribution >= 0.6 is 0 Å². The van der Waals surface area contributed by atoms with Gasteiger partial charge in [0.05, 0.1) is 0 Å². The first-order valence-electron chi connectivity index (χ1n) is 10.3. The molecule has 0 bridgehead atoms. The van der Waals surface area contributed by atoms with Crippen molar-refractivity contribution in [3.05, 3.63) is 35.7 Å². The fraction of sp³-hybridized carbons (Fsp3) is 0.571. The molecule has 1 unspecified atom stereocenters. The molecule has 5 rings (SSSR count). The minimum Gasteiger partial charge on any atom is -0.480 e. The molecule has 1 spiro atoms. The Hall–Kier alpha value is -2.57. The van der Waals surface area contributed by atoms with Crippen LogP contribution in [0.3, 0.4) is 0 Å². The van der Waals surface area contributed by atoms with Gasteiger partial charge in [-0.2, -0.15) is 0 Å². The van der Waals surface area contributed by atoms with Crippen molar-refractivity contribution in [1.82, 2.24) is 15.1 Å². The molecule has 0 radical (unpaired) electrons. The molecule has 3 heterocycles. The third-order valence-electron chi connectivity index (χ3n) is 6.44. The first kappa shape index (κ1) is 17.5. The molecule has 1 aromatic heterocycles. The molecule has 7 nitrogen and oxygen atoms in total. The highest BCUT2D eigenvalue weighted by Gasteiger charge is 2.45. The van der Waals surface area contributed by atoms with Crippen molar-refractivity contribution >= 4 is 11.9 Å². The number of rotatable bonds is 4. The fourth-order valence-electron chi connectivity index (χ4n) is 4.32. The Morgan fingerprint density at radius 3 is 2.79 bits per heavy atom. The van der Waals surface area contributed by atoms with Crippen LogP contribution in [-0.2, 0) is 11.2 Å². The molecule has 2 fully saturated rings. The standard InChI is InChI=1S/C21H26N4O3/c1-14(19(26)25-12-10-21(8-9-21)11-13-25)22-20-24-23-18(28-20)17-7-6-15-4-2-3-5-16(15)27-17/h2-5,14,17H,6-13H2,1H3,(H,22,24)/t14-,17?/m1/s1. The topological polar surface area (TPSA) is 80.5 Å². The molecule has 2 aliphatic heterocycles. The highest BCUT2D eigenvalue weighted by molar-refractivity contribution is 5.83. The number of para-hydroxylation sites is 1. The number of fused-ring (bicyclic) bond motifs is 1. The highest BCUT2D eigenvalue weighted by atomic mass is 16.5. The summed E-state index contributed by atoms with van der Waals surface area (Å²) in [5, 5.41) is 11.3.